The lowest BCUT2D eigenvalue weighted by molar-refractivity contribution is 1.12. The van der Waals surface area contributed by atoms with E-state index < -0.39 is 0 Å². The first-order chi connectivity index (χ1) is 7.97. The zero-order chi connectivity index (χ0) is 12.6. The van der Waals surface area contributed by atoms with Crippen molar-refractivity contribution in [3.8, 4) is 11.1 Å². The quantitative estimate of drug-likeness (QED) is 0.717. The van der Waals surface area contributed by atoms with Gasteiger partial charge in [0.15, 0.2) is 0 Å². The molecule has 4 heteroatoms. The molecule has 0 amide bonds. The molecule has 2 aromatic rings. The topological polar surface area (TPSA) is 25.8 Å². The first-order valence-corrected chi connectivity index (χ1v) is 6.01. The Morgan fingerprint density at radius 3 is 2.06 bits per heavy atom. The number of hydrogen-bond donors (Lipinski definition) is 0. The molecular formula is C13H12Cl2N2. The maximum atomic E-state index is 6.01. The smallest absolute Gasteiger partial charge is 0.147 e. The first kappa shape index (κ1) is 12.3. The van der Waals surface area contributed by atoms with Crippen molar-refractivity contribution >= 4 is 23.2 Å². The fourth-order valence-corrected chi connectivity index (χ4v) is 2.17. The summed E-state index contributed by atoms with van der Waals surface area (Å²) in [7, 11) is 0. The van der Waals surface area contributed by atoms with E-state index in [0.29, 0.717) is 10.2 Å². The van der Waals surface area contributed by atoms with E-state index in [-0.39, 0.29) is 0 Å². The van der Waals surface area contributed by atoms with Crippen molar-refractivity contribution in [1.29, 1.82) is 0 Å². The molecule has 2 nitrogen and oxygen atoms in total. The highest BCUT2D eigenvalue weighted by molar-refractivity contribution is 6.41. The van der Waals surface area contributed by atoms with Gasteiger partial charge in [-0.15, -0.1) is 0 Å². The molecule has 17 heavy (non-hydrogen) atoms. The fraction of sp³-hybridized carbons (Fsp3) is 0.231. The van der Waals surface area contributed by atoms with Gasteiger partial charge in [0, 0.05) is 22.6 Å². The van der Waals surface area contributed by atoms with Crippen LogP contribution in [0.2, 0.25) is 10.2 Å². The average molecular weight is 267 g/mol. The second-order valence-corrected chi connectivity index (χ2v) is 4.80. The van der Waals surface area contributed by atoms with Crippen molar-refractivity contribution in [2.24, 2.45) is 0 Å². The summed E-state index contributed by atoms with van der Waals surface area (Å²) in [6.07, 6.45) is 0. The van der Waals surface area contributed by atoms with Crippen LogP contribution in [0.3, 0.4) is 0 Å². The standard InChI is InChI=1S/C13H12Cl2N2/c1-7-4-10(5-8(2)16-7)11-6-12(14)13(15)17-9(11)3/h4-6H,1-3H3. The van der Waals surface area contributed by atoms with Crippen LogP contribution in [0.25, 0.3) is 11.1 Å². The summed E-state index contributed by atoms with van der Waals surface area (Å²) in [6.45, 7) is 5.86. The Morgan fingerprint density at radius 2 is 1.47 bits per heavy atom. The van der Waals surface area contributed by atoms with Crippen LogP contribution in [0.15, 0.2) is 18.2 Å². The van der Waals surface area contributed by atoms with Crippen LogP contribution < -0.4 is 0 Å². The van der Waals surface area contributed by atoms with E-state index in [9.17, 15) is 0 Å². The molecule has 0 atom stereocenters. The van der Waals surface area contributed by atoms with E-state index >= 15 is 0 Å². The Kier molecular flexibility index (Phi) is 3.36. The molecule has 0 fully saturated rings. The van der Waals surface area contributed by atoms with Gasteiger partial charge in [-0.2, -0.15) is 0 Å². The molecule has 2 rings (SSSR count). The number of nitrogens with zero attached hydrogens (tertiary/aromatic N) is 2. The first-order valence-electron chi connectivity index (χ1n) is 5.25. The third-order valence-electron chi connectivity index (χ3n) is 2.52. The molecule has 0 bridgehead atoms. The summed E-state index contributed by atoms with van der Waals surface area (Å²) >= 11 is 11.9. The maximum absolute atomic E-state index is 6.01. The molecule has 0 aliphatic heterocycles. The second-order valence-electron chi connectivity index (χ2n) is 4.03. The molecule has 0 saturated carbocycles. The van der Waals surface area contributed by atoms with Crippen LogP contribution in [0.1, 0.15) is 17.1 Å². The Bertz CT molecular complexity index is 560. The van der Waals surface area contributed by atoms with E-state index in [4.69, 9.17) is 23.2 Å². The minimum absolute atomic E-state index is 0.343. The second kappa shape index (κ2) is 4.63. The molecule has 0 aliphatic carbocycles. The van der Waals surface area contributed by atoms with Crippen molar-refractivity contribution in [2.45, 2.75) is 20.8 Å². The van der Waals surface area contributed by atoms with Crippen molar-refractivity contribution < 1.29 is 0 Å². The van der Waals surface area contributed by atoms with Gasteiger partial charge in [0.2, 0.25) is 0 Å². The normalized spacial score (nSPS) is 10.6. The molecule has 0 saturated heterocycles. The highest BCUT2D eigenvalue weighted by Crippen LogP contribution is 2.29. The lowest BCUT2D eigenvalue weighted by Crippen LogP contribution is -1.93. The number of aryl methyl sites for hydroxylation is 3. The van der Waals surface area contributed by atoms with Crippen LogP contribution in [0, 0.1) is 20.8 Å². The highest BCUT2D eigenvalue weighted by Gasteiger charge is 2.09. The Balaban J connectivity index is 2.64. The molecule has 0 unspecified atom stereocenters. The summed E-state index contributed by atoms with van der Waals surface area (Å²) in [4.78, 5) is 8.57. The van der Waals surface area contributed by atoms with E-state index in [1.807, 2.05) is 39.0 Å². The number of halogens is 2. The lowest BCUT2D eigenvalue weighted by Gasteiger charge is -2.09. The summed E-state index contributed by atoms with van der Waals surface area (Å²) in [5.74, 6) is 0. The molecule has 2 aromatic heterocycles. The van der Waals surface area contributed by atoms with Gasteiger partial charge in [0.1, 0.15) is 5.15 Å². The maximum Gasteiger partial charge on any atom is 0.147 e. The van der Waals surface area contributed by atoms with E-state index in [1.165, 1.54) is 0 Å². The van der Waals surface area contributed by atoms with E-state index in [0.717, 1.165) is 28.2 Å². The van der Waals surface area contributed by atoms with Crippen molar-refractivity contribution in [2.75, 3.05) is 0 Å². The molecule has 0 radical (unpaired) electrons. The molecule has 88 valence electrons. The summed E-state index contributed by atoms with van der Waals surface area (Å²) in [5.41, 5.74) is 4.88. The van der Waals surface area contributed by atoms with Gasteiger partial charge in [0.05, 0.1) is 5.02 Å². The highest BCUT2D eigenvalue weighted by atomic mass is 35.5. The number of rotatable bonds is 1. The minimum Gasteiger partial charge on any atom is -0.258 e. The molecule has 0 N–H and O–H groups in total. The van der Waals surface area contributed by atoms with Crippen molar-refractivity contribution in [3.63, 3.8) is 0 Å². The Morgan fingerprint density at radius 1 is 0.882 bits per heavy atom. The number of aromatic nitrogens is 2. The molecule has 0 aromatic carbocycles. The lowest BCUT2D eigenvalue weighted by atomic mass is 10.0. The third kappa shape index (κ3) is 2.59. The number of hydrogen-bond acceptors (Lipinski definition) is 2. The van der Waals surface area contributed by atoms with Crippen LogP contribution in [-0.4, -0.2) is 9.97 Å². The van der Waals surface area contributed by atoms with Gasteiger partial charge < -0.3 is 0 Å². The monoisotopic (exact) mass is 266 g/mol. The van der Waals surface area contributed by atoms with Crippen LogP contribution in [0.4, 0.5) is 0 Å². The summed E-state index contributed by atoms with van der Waals surface area (Å²) in [5, 5.41) is 0.815. The molecule has 0 aliphatic rings. The van der Waals surface area contributed by atoms with Crippen molar-refractivity contribution in [3.05, 3.63) is 45.5 Å². The summed E-state index contributed by atoms with van der Waals surface area (Å²) < 4.78 is 0. The Hall–Kier alpha value is -1.12. The van der Waals surface area contributed by atoms with Gasteiger partial charge in [-0.1, -0.05) is 23.2 Å². The zero-order valence-electron chi connectivity index (χ0n) is 9.88. The third-order valence-corrected chi connectivity index (χ3v) is 3.19. The molecule has 2 heterocycles. The zero-order valence-corrected chi connectivity index (χ0v) is 11.4. The fourth-order valence-electron chi connectivity index (χ4n) is 1.83. The predicted octanol–water partition coefficient (Wildman–Crippen LogP) is 4.38. The summed E-state index contributed by atoms with van der Waals surface area (Å²) in [6, 6.07) is 5.88. The number of pyridine rings is 2. The van der Waals surface area contributed by atoms with Gasteiger partial charge >= 0.3 is 0 Å². The van der Waals surface area contributed by atoms with Gasteiger partial charge in [0.25, 0.3) is 0 Å². The van der Waals surface area contributed by atoms with Gasteiger partial charge in [-0.25, -0.2) is 4.98 Å². The van der Waals surface area contributed by atoms with Crippen LogP contribution >= 0.6 is 23.2 Å². The van der Waals surface area contributed by atoms with Crippen LogP contribution in [0.5, 0.6) is 0 Å². The predicted molar refractivity (Wildman–Crippen MR) is 71.7 cm³/mol. The van der Waals surface area contributed by atoms with Crippen molar-refractivity contribution in [1.82, 2.24) is 9.97 Å². The SMILES string of the molecule is Cc1cc(-c2cc(Cl)c(Cl)nc2C)cc(C)n1. The van der Waals surface area contributed by atoms with Gasteiger partial charge in [-0.05, 0) is 44.5 Å². The van der Waals surface area contributed by atoms with E-state index in [2.05, 4.69) is 9.97 Å². The molecular weight excluding hydrogens is 255 g/mol. The Labute approximate surface area is 111 Å². The largest absolute Gasteiger partial charge is 0.258 e. The van der Waals surface area contributed by atoms with Gasteiger partial charge in [-0.3, -0.25) is 4.98 Å². The minimum atomic E-state index is 0.343. The molecule has 0 spiro atoms. The van der Waals surface area contributed by atoms with Crippen LogP contribution in [-0.2, 0) is 0 Å². The average Bonchev–Trinajstić information content (AvgIpc) is 2.22. The van der Waals surface area contributed by atoms with E-state index in [1.54, 1.807) is 0 Å².